The summed E-state index contributed by atoms with van der Waals surface area (Å²) in [4.78, 5) is 0. The topological polar surface area (TPSA) is 21.3 Å². The summed E-state index contributed by atoms with van der Waals surface area (Å²) in [7, 11) is 0. The molecule has 0 bridgehead atoms. The van der Waals surface area contributed by atoms with Crippen molar-refractivity contribution in [2.24, 2.45) is 0 Å². The molecule has 3 heteroatoms. The van der Waals surface area contributed by atoms with E-state index in [1.54, 1.807) is 11.3 Å². The van der Waals surface area contributed by atoms with Crippen LogP contribution in [0.1, 0.15) is 45.7 Å². The van der Waals surface area contributed by atoms with Gasteiger partial charge in [0.1, 0.15) is 0 Å². The Balaban J connectivity index is 2.51. The molecular weight excluding hydrogens is 218 g/mol. The molecule has 0 aromatic carbocycles. The van der Waals surface area contributed by atoms with Gasteiger partial charge in [0.15, 0.2) is 0 Å². The fourth-order valence-corrected chi connectivity index (χ4v) is 2.11. The highest BCUT2D eigenvalue weighted by atomic mass is 32.1. The monoisotopic (exact) mass is 241 g/mol. The lowest BCUT2D eigenvalue weighted by Crippen LogP contribution is -2.30. The molecule has 1 heterocycles. The summed E-state index contributed by atoms with van der Waals surface area (Å²) in [5, 5.41) is 7.84. The minimum atomic E-state index is -0.0673. The maximum Gasteiger partial charge on any atom is 0.0668 e. The van der Waals surface area contributed by atoms with E-state index in [2.05, 4.69) is 49.8 Å². The molecule has 0 spiro atoms. The number of hydrogen-bond acceptors (Lipinski definition) is 3. The highest BCUT2D eigenvalue weighted by Gasteiger charge is 2.16. The Morgan fingerprint density at radius 1 is 1.44 bits per heavy atom. The van der Waals surface area contributed by atoms with E-state index in [-0.39, 0.29) is 5.60 Å². The van der Waals surface area contributed by atoms with Crippen molar-refractivity contribution in [3.05, 3.63) is 22.4 Å². The van der Waals surface area contributed by atoms with Gasteiger partial charge in [-0.15, -0.1) is 0 Å². The molecule has 1 atom stereocenters. The summed E-state index contributed by atoms with van der Waals surface area (Å²) in [5.41, 5.74) is 1.27. The predicted octanol–water partition coefficient (Wildman–Crippen LogP) is 3.60. The second kappa shape index (κ2) is 6.38. The van der Waals surface area contributed by atoms with Gasteiger partial charge in [0.2, 0.25) is 0 Å². The molecule has 2 nitrogen and oxygen atoms in total. The van der Waals surface area contributed by atoms with E-state index in [1.165, 1.54) is 5.56 Å². The summed E-state index contributed by atoms with van der Waals surface area (Å²) in [6.45, 7) is 10.2. The summed E-state index contributed by atoms with van der Waals surface area (Å²) in [6.07, 6.45) is 1.15. The van der Waals surface area contributed by atoms with Gasteiger partial charge in [-0.2, -0.15) is 11.3 Å². The van der Waals surface area contributed by atoms with Crippen molar-refractivity contribution in [1.29, 1.82) is 0 Å². The second-order valence-corrected chi connectivity index (χ2v) is 5.77. The summed E-state index contributed by atoms with van der Waals surface area (Å²) in [5.74, 6) is 0. The Kier molecular flexibility index (Phi) is 5.46. The van der Waals surface area contributed by atoms with E-state index in [4.69, 9.17) is 4.74 Å². The molecule has 0 aliphatic heterocycles. The normalized spacial score (nSPS) is 14.0. The first kappa shape index (κ1) is 13.7. The predicted molar refractivity (Wildman–Crippen MR) is 71.1 cm³/mol. The van der Waals surface area contributed by atoms with Crippen LogP contribution in [-0.2, 0) is 4.74 Å². The molecule has 0 amide bonds. The van der Waals surface area contributed by atoms with Crippen molar-refractivity contribution in [1.82, 2.24) is 5.32 Å². The first-order valence-electron chi connectivity index (χ1n) is 5.92. The van der Waals surface area contributed by atoms with Crippen LogP contribution >= 0.6 is 11.3 Å². The lowest BCUT2D eigenvalue weighted by molar-refractivity contribution is -0.0147. The summed E-state index contributed by atoms with van der Waals surface area (Å²) < 4.78 is 5.85. The Bertz CT molecular complexity index is 277. The van der Waals surface area contributed by atoms with Gasteiger partial charge in [-0.1, -0.05) is 6.92 Å². The molecule has 1 aromatic heterocycles. The van der Waals surface area contributed by atoms with Crippen LogP contribution in [0.4, 0.5) is 0 Å². The first-order valence-corrected chi connectivity index (χ1v) is 6.86. The van der Waals surface area contributed by atoms with E-state index in [1.807, 2.05) is 0 Å². The maximum absolute atomic E-state index is 5.85. The number of ether oxygens (including phenoxy) is 1. The molecule has 0 aliphatic rings. The van der Waals surface area contributed by atoms with Gasteiger partial charge < -0.3 is 10.1 Å². The van der Waals surface area contributed by atoms with Crippen molar-refractivity contribution in [2.75, 3.05) is 13.2 Å². The number of rotatable bonds is 6. The van der Waals surface area contributed by atoms with Crippen LogP contribution in [0, 0.1) is 0 Å². The van der Waals surface area contributed by atoms with Crippen molar-refractivity contribution >= 4 is 11.3 Å². The van der Waals surface area contributed by atoms with Crippen LogP contribution in [0.3, 0.4) is 0 Å². The average Bonchev–Trinajstić information content (AvgIpc) is 2.69. The van der Waals surface area contributed by atoms with E-state index >= 15 is 0 Å². The third-order valence-electron chi connectivity index (χ3n) is 2.27. The van der Waals surface area contributed by atoms with Gasteiger partial charge in [-0.3, -0.25) is 0 Å². The number of thiophene rings is 1. The van der Waals surface area contributed by atoms with Crippen LogP contribution < -0.4 is 5.32 Å². The molecule has 16 heavy (non-hydrogen) atoms. The lowest BCUT2D eigenvalue weighted by Gasteiger charge is -2.25. The zero-order valence-corrected chi connectivity index (χ0v) is 11.6. The molecular formula is C13H23NOS. The van der Waals surface area contributed by atoms with E-state index in [0.717, 1.165) is 19.6 Å². The Morgan fingerprint density at radius 3 is 2.69 bits per heavy atom. The van der Waals surface area contributed by atoms with Crippen molar-refractivity contribution in [3.63, 3.8) is 0 Å². The van der Waals surface area contributed by atoms with Gasteiger partial charge in [0.05, 0.1) is 18.2 Å². The third kappa shape index (κ3) is 5.10. The number of hydrogen-bond donors (Lipinski definition) is 1. The van der Waals surface area contributed by atoms with Crippen molar-refractivity contribution in [2.45, 2.75) is 45.8 Å². The van der Waals surface area contributed by atoms with Crippen LogP contribution in [0.5, 0.6) is 0 Å². The molecule has 1 rings (SSSR count). The van der Waals surface area contributed by atoms with Crippen LogP contribution in [0.25, 0.3) is 0 Å². The molecule has 0 fully saturated rings. The number of nitrogens with one attached hydrogen (secondary N) is 1. The maximum atomic E-state index is 5.85. The molecule has 1 unspecified atom stereocenters. The van der Waals surface area contributed by atoms with Crippen molar-refractivity contribution in [3.8, 4) is 0 Å². The SMILES string of the molecule is CCCNC(COC(C)(C)C)c1ccsc1. The Morgan fingerprint density at radius 2 is 2.19 bits per heavy atom. The van der Waals surface area contributed by atoms with Gasteiger partial charge in [0.25, 0.3) is 0 Å². The van der Waals surface area contributed by atoms with Crippen molar-refractivity contribution < 1.29 is 4.74 Å². The second-order valence-electron chi connectivity index (χ2n) is 4.99. The highest BCUT2D eigenvalue weighted by Crippen LogP contribution is 2.19. The molecule has 1 aromatic rings. The highest BCUT2D eigenvalue weighted by molar-refractivity contribution is 7.07. The molecule has 0 saturated heterocycles. The minimum Gasteiger partial charge on any atom is -0.374 e. The largest absolute Gasteiger partial charge is 0.374 e. The summed E-state index contributed by atoms with van der Waals surface area (Å²) in [6, 6.07) is 2.50. The summed E-state index contributed by atoms with van der Waals surface area (Å²) >= 11 is 1.74. The van der Waals surface area contributed by atoms with Crippen LogP contribution in [0.2, 0.25) is 0 Å². The first-order chi connectivity index (χ1) is 7.53. The lowest BCUT2D eigenvalue weighted by atomic mass is 10.1. The minimum absolute atomic E-state index is 0.0673. The van der Waals surface area contributed by atoms with Gasteiger partial charge in [-0.25, -0.2) is 0 Å². The molecule has 0 saturated carbocycles. The zero-order valence-electron chi connectivity index (χ0n) is 10.7. The standard InChI is InChI=1S/C13H23NOS/c1-5-7-14-12(9-15-13(2,3)4)11-6-8-16-10-11/h6,8,10,12,14H,5,7,9H2,1-4H3. The Labute approximate surface area is 103 Å². The fraction of sp³-hybridized carbons (Fsp3) is 0.692. The van der Waals surface area contributed by atoms with E-state index in [0.29, 0.717) is 6.04 Å². The van der Waals surface area contributed by atoms with Crippen LogP contribution in [-0.4, -0.2) is 18.8 Å². The van der Waals surface area contributed by atoms with Crippen LogP contribution in [0.15, 0.2) is 16.8 Å². The average molecular weight is 241 g/mol. The third-order valence-corrected chi connectivity index (χ3v) is 2.97. The zero-order chi connectivity index (χ0) is 12.0. The quantitative estimate of drug-likeness (QED) is 0.821. The van der Waals surface area contributed by atoms with Gasteiger partial charge in [0, 0.05) is 0 Å². The smallest absolute Gasteiger partial charge is 0.0668 e. The van der Waals surface area contributed by atoms with E-state index < -0.39 is 0 Å². The molecule has 0 radical (unpaired) electrons. The molecule has 92 valence electrons. The fourth-order valence-electron chi connectivity index (χ4n) is 1.40. The van der Waals surface area contributed by atoms with Gasteiger partial charge in [-0.05, 0) is 56.1 Å². The van der Waals surface area contributed by atoms with E-state index in [9.17, 15) is 0 Å². The van der Waals surface area contributed by atoms with Gasteiger partial charge >= 0.3 is 0 Å². The molecule has 0 aliphatic carbocycles. The molecule has 1 N–H and O–H groups in total. The Hall–Kier alpha value is -0.380.